The van der Waals surface area contributed by atoms with Gasteiger partial charge in [-0.15, -0.1) is 11.6 Å². The molecule has 1 unspecified atom stereocenters. The second-order valence-electron chi connectivity index (χ2n) is 4.09. The maximum atomic E-state index is 13.2. The molecule has 0 fully saturated rings. The molecule has 0 heterocycles. The molecule has 2 aromatic carbocycles. The second-order valence-corrected chi connectivity index (χ2v) is 6.29. The second kappa shape index (κ2) is 6.45. The Morgan fingerprint density at radius 1 is 1.05 bits per heavy atom. The zero-order valence-electron chi connectivity index (χ0n) is 9.64. The highest BCUT2D eigenvalue weighted by molar-refractivity contribution is 9.10. The number of benzene rings is 2. The lowest BCUT2D eigenvalue weighted by Gasteiger charge is -2.11. The van der Waals surface area contributed by atoms with Crippen LogP contribution in [0.15, 0.2) is 40.9 Å². The van der Waals surface area contributed by atoms with Crippen molar-refractivity contribution in [3.63, 3.8) is 0 Å². The van der Waals surface area contributed by atoms with Crippen LogP contribution in [0.2, 0.25) is 10.0 Å². The largest absolute Gasteiger partial charge is 0.206 e. The molecule has 5 heteroatoms. The van der Waals surface area contributed by atoms with Gasteiger partial charge in [0.1, 0.15) is 5.82 Å². The van der Waals surface area contributed by atoms with E-state index in [9.17, 15) is 4.39 Å². The van der Waals surface area contributed by atoms with Gasteiger partial charge in [-0.2, -0.15) is 0 Å². The third-order valence-electron chi connectivity index (χ3n) is 2.70. The van der Waals surface area contributed by atoms with Crippen LogP contribution in [0.4, 0.5) is 4.39 Å². The molecule has 0 bridgehead atoms. The molecule has 0 nitrogen and oxygen atoms in total. The van der Waals surface area contributed by atoms with Crippen molar-refractivity contribution in [1.29, 1.82) is 0 Å². The molecule has 0 saturated carbocycles. The van der Waals surface area contributed by atoms with E-state index in [1.165, 1.54) is 6.07 Å². The summed E-state index contributed by atoms with van der Waals surface area (Å²) >= 11 is 21.3. The third kappa shape index (κ3) is 3.85. The average molecular weight is 382 g/mol. The van der Waals surface area contributed by atoms with Crippen LogP contribution in [0, 0.1) is 5.82 Å². The minimum Gasteiger partial charge on any atom is -0.206 e. The molecule has 100 valence electrons. The zero-order chi connectivity index (χ0) is 14.0. The molecular formula is C14H9BrCl3F. The van der Waals surface area contributed by atoms with Gasteiger partial charge >= 0.3 is 0 Å². The maximum Gasteiger partial charge on any atom is 0.137 e. The zero-order valence-corrected chi connectivity index (χ0v) is 13.5. The van der Waals surface area contributed by atoms with Gasteiger partial charge in [0, 0.05) is 0 Å². The quantitative estimate of drug-likeness (QED) is 0.538. The molecule has 0 aromatic heterocycles. The van der Waals surface area contributed by atoms with E-state index in [-0.39, 0.29) is 11.2 Å². The number of rotatable bonds is 3. The Hall–Kier alpha value is -0.280. The molecule has 2 aromatic rings. The standard InChI is InChI=1S/C14H9BrCl3F/c15-10-7-9(2-4-14(10)19)12(17)5-8-1-3-11(16)13(18)6-8/h1-4,6-7,12H,5H2. The first kappa shape index (κ1) is 15.1. The summed E-state index contributed by atoms with van der Waals surface area (Å²) < 4.78 is 13.6. The van der Waals surface area contributed by atoms with Gasteiger partial charge in [-0.1, -0.05) is 35.3 Å². The lowest BCUT2D eigenvalue weighted by molar-refractivity contribution is 0.620. The van der Waals surface area contributed by atoms with Crippen LogP contribution in [0.5, 0.6) is 0 Å². The van der Waals surface area contributed by atoms with Crippen LogP contribution in [-0.4, -0.2) is 0 Å². The molecule has 0 spiro atoms. The Balaban J connectivity index is 2.17. The fourth-order valence-corrected chi connectivity index (χ4v) is 2.73. The lowest BCUT2D eigenvalue weighted by atomic mass is 10.0. The molecule has 1 atom stereocenters. The Morgan fingerprint density at radius 3 is 2.42 bits per heavy atom. The first-order chi connectivity index (χ1) is 8.97. The van der Waals surface area contributed by atoms with E-state index in [4.69, 9.17) is 34.8 Å². The van der Waals surface area contributed by atoms with E-state index in [1.807, 2.05) is 6.07 Å². The molecule has 0 N–H and O–H groups in total. The normalized spacial score (nSPS) is 12.5. The summed E-state index contributed by atoms with van der Waals surface area (Å²) in [5.74, 6) is -0.304. The highest BCUT2D eigenvalue weighted by atomic mass is 79.9. The molecule has 0 radical (unpaired) electrons. The van der Waals surface area contributed by atoms with Crippen LogP contribution in [0.25, 0.3) is 0 Å². The van der Waals surface area contributed by atoms with Crippen LogP contribution >= 0.6 is 50.7 Å². The molecule has 0 amide bonds. The van der Waals surface area contributed by atoms with E-state index >= 15 is 0 Å². The fourth-order valence-electron chi connectivity index (χ4n) is 1.70. The molecule has 19 heavy (non-hydrogen) atoms. The molecule has 0 aliphatic rings. The monoisotopic (exact) mass is 380 g/mol. The number of halogens is 5. The van der Waals surface area contributed by atoms with Crippen molar-refractivity contribution in [3.05, 3.63) is 67.9 Å². The molecule has 0 aliphatic heterocycles. The Morgan fingerprint density at radius 2 is 1.79 bits per heavy atom. The summed E-state index contributed by atoms with van der Waals surface area (Å²) in [5.41, 5.74) is 1.83. The predicted octanol–water partition coefficient (Wildman–Crippen LogP) is 6.42. The van der Waals surface area contributed by atoms with Crippen LogP contribution in [0.1, 0.15) is 16.5 Å². The van der Waals surface area contributed by atoms with Crippen molar-refractivity contribution < 1.29 is 4.39 Å². The van der Waals surface area contributed by atoms with Gasteiger partial charge in [0.25, 0.3) is 0 Å². The minimum atomic E-state index is -0.304. The summed E-state index contributed by atoms with van der Waals surface area (Å²) in [6, 6.07) is 10.2. The van der Waals surface area contributed by atoms with Gasteiger partial charge < -0.3 is 0 Å². The highest BCUT2D eigenvalue weighted by Gasteiger charge is 2.12. The summed E-state index contributed by atoms with van der Waals surface area (Å²) in [4.78, 5) is 0. The predicted molar refractivity (Wildman–Crippen MR) is 82.9 cm³/mol. The molecule has 0 aliphatic carbocycles. The van der Waals surface area contributed by atoms with Crippen molar-refractivity contribution in [3.8, 4) is 0 Å². The summed E-state index contributed by atoms with van der Waals surface area (Å²) in [5, 5.41) is 0.763. The number of hydrogen-bond acceptors (Lipinski definition) is 0. The Kier molecular flexibility index (Phi) is 5.13. The summed E-state index contributed by atoms with van der Waals surface area (Å²) in [6.45, 7) is 0. The highest BCUT2D eigenvalue weighted by Crippen LogP contribution is 2.30. The minimum absolute atomic E-state index is 0.255. The van der Waals surface area contributed by atoms with Gasteiger partial charge in [-0.05, 0) is 57.7 Å². The maximum absolute atomic E-state index is 13.2. The van der Waals surface area contributed by atoms with E-state index in [1.54, 1.807) is 24.3 Å². The van der Waals surface area contributed by atoms with Crippen LogP contribution < -0.4 is 0 Å². The lowest BCUT2D eigenvalue weighted by Crippen LogP contribution is -1.97. The van der Waals surface area contributed by atoms with E-state index in [0.717, 1.165) is 11.1 Å². The van der Waals surface area contributed by atoms with E-state index in [0.29, 0.717) is 20.9 Å². The van der Waals surface area contributed by atoms with Crippen molar-refractivity contribution in [2.24, 2.45) is 0 Å². The smallest absolute Gasteiger partial charge is 0.137 e. The van der Waals surface area contributed by atoms with Crippen molar-refractivity contribution in [1.82, 2.24) is 0 Å². The SMILES string of the molecule is Fc1ccc(C(Cl)Cc2ccc(Cl)c(Cl)c2)cc1Br. The number of hydrogen-bond donors (Lipinski definition) is 0. The topological polar surface area (TPSA) is 0 Å². The van der Waals surface area contributed by atoms with E-state index < -0.39 is 0 Å². The summed E-state index contributed by atoms with van der Waals surface area (Å²) in [6.07, 6.45) is 0.594. The van der Waals surface area contributed by atoms with Gasteiger partial charge in [-0.25, -0.2) is 4.39 Å². The van der Waals surface area contributed by atoms with Crippen molar-refractivity contribution in [2.75, 3.05) is 0 Å². The van der Waals surface area contributed by atoms with Crippen LogP contribution in [-0.2, 0) is 6.42 Å². The Bertz CT molecular complexity index is 601. The van der Waals surface area contributed by atoms with Gasteiger partial charge in [0.05, 0.1) is 19.9 Å². The number of alkyl halides is 1. The van der Waals surface area contributed by atoms with Crippen molar-refractivity contribution >= 4 is 50.7 Å². The fraction of sp³-hybridized carbons (Fsp3) is 0.143. The molecule has 2 rings (SSSR count). The Labute approximate surface area is 134 Å². The first-order valence-electron chi connectivity index (χ1n) is 5.50. The van der Waals surface area contributed by atoms with Gasteiger partial charge in [0.15, 0.2) is 0 Å². The van der Waals surface area contributed by atoms with Gasteiger partial charge in [-0.3, -0.25) is 0 Å². The molecular weight excluding hydrogens is 373 g/mol. The molecule has 0 saturated heterocycles. The summed E-state index contributed by atoms with van der Waals surface area (Å²) in [7, 11) is 0. The van der Waals surface area contributed by atoms with Crippen molar-refractivity contribution in [2.45, 2.75) is 11.8 Å². The van der Waals surface area contributed by atoms with E-state index in [2.05, 4.69) is 15.9 Å². The average Bonchev–Trinajstić information content (AvgIpc) is 2.37. The third-order valence-corrected chi connectivity index (χ3v) is 4.46. The van der Waals surface area contributed by atoms with Gasteiger partial charge in [0.2, 0.25) is 0 Å². The van der Waals surface area contributed by atoms with Crippen LogP contribution in [0.3, 0.4) is 0 Å². The first-order valence-corrected chi connectivity index (χ1v) is 7.49.